The predicted molar refractivity (Wildman–Crippen MR) is 145 cm³/mol. The number of carbonyl (C=O) groups excluding carboxylic acids is 3. The average molecular weight is 550 g/mol. The van der Waals surface area contributed by atoms with Gasteiger partial charge in [-0.2, -0.15) is 0 Å². The first kappa shape index (κ1) is 28.6. The summed E-state index contributed by atoms with van der Waals surface area (Å²) in [4.78, 5) is 37.3. The number of amides is 3. The highest BCUT2D eigenvalue weighted by atomic mass is 35.5. The fourth-order valence-corrected chi connectivity index (χ4v) is 4.97. The van der Waals surface area contributed by atoms with E-state index in [1.807, 2.05) is 0 Å². The lowest BCUT2D eigenvalue weighted by molar-refractivity contribution is -0.145. The van der Waals surface area contributed by atoms with Crippen LogP contribution in [0.25, 0.3) is 0 Å². The number of halogens is 2. The lowest BCUT2D eigenvalue weighted by atomic mass is 9.71. The minimum Gasteiger partial charge on any atom is -0.478 e. The van der Waals surface area contributed by atoms with E-state index in [0.29, 0.717) is 33.7 Å². The summed E-state index contributed by atoms with van der Waals surface area (Å²) in [7, 11) is 1.39. The van der Waals surface area contributed by atoms with Gasteiger partial charge in [0.2, 0.25) is 0 Å². The van der Waals surface area contributed by atoms with Crippen LogP contribution in [0.4, 0.5) is 16.2 Å². The van der Waals surface area contributed by atoms with E-state index in [1.54, 1.807) is 56.3 Å². The molecule has 2 aromatic rings. The van der Waals surface area contributed by atoms with E-state index < -0.39 is 11.6 Å². The van der Waals surface area contributed by atoms with Crippen molar-refractivity contribution in [3.63, 3.8) is 0 Å². The maximum Gasteiger partial charge on any atom is 0.323 e. The first-order chi connectivity index (χ1) is 17.5. The molecule has 0 saturated heterocycles. The summed E-state index contributed by atoms with van der Waals surface area (Å²) < 4.78 is 10.8. The van der Waals surface area contributed by atoms with E-state index in [9.17, 15) is 14.4 Å². The number of anilines is 2. The molecule has 0 heterocycles. The smallest absolute Gasteiger partial charge is 0.323 e. The molecule has 0 unspecified atom stereocenters. The van der Waals surface area contributed by atoms with Crippen LogP contribution in [-0.2, 0) is 14.3 Å². The van der Waals surface area contributed by atoms with Crippen LogP contribution in [0, 0.1) is 5.41 Å². The molecule has 10 heteroatoms. The highest BCUT2D eigenvalue weighted by Gasteiger charge is 2.37. The van der Waals surface area contributed by atoms with E-state index in [1.165, 1.54) is 7.11 Å². The quantitative estimate of drug-likeness (QED) is 0.312. The summed E-state index contributed by atoms with van der Waals surface area (Å²) in [5.74, 6) is -0.0656. The Morgan fingerprint density at radius 3 is 2.11 bits per heavy atom. The van der Waals surface area contributed by atoms with Crippen LogP contribution >= 0.6 is 23.2 Å². The van der Waals surface area contributed by atoms with Crippen molar-refractivity contribution >= 4 is 52.5 Å². The van der Waals surface area contributed by atoms with Crippen molar-refractivity contribution in [3.05, 3.63) is 52.5 Å². The van der Waals surface area contributed by atoms with Gasteiger partial charge in [0.1, 0.15) is 5.75 Å². The van der Waals surface area contributed by atoms with Crippen molar-refractivity contribution in [1.29, 1.82) is 0 Å². The van der Waals surface area contributed by atoms with Gasteiger partial charge in [0.05, 0.1) is 13.5 Å². The number of urea groups is 1. The topological polar surface area (TPSA) is 106 Å². The zero-order valence-electron chi connectivity index (χ0n) is 21.3. The van der Waals surface area contributed by atoms with Gasteiger partial charge in [-0.3, -0.25) is 9.59 Å². The van der Waals surface area contributed by atoms with Crippen LogP contribution in [0.1, 0.15) is 52.4 Å². The van der Waals surface area contributed by atoms with Gasteiger partial charge in [0, 0.05) is 28.0 Å². The molecule has 3 rings (SSSR count). The van der Waals surface area contributed by atoms with E-state index >= 15 is 0 Å². The molecule has 0 radical (unpaired) electrons. The van der Waals surface area contributed by atoms with Gasteiger partial charge in [-0.15, -0.1) is 0 Å². The molecule has 0 aliphatic heterocycles. The van der Waals surface area contributed by atoms with E-state index in [0.717, 1.165) is 32.1 Å². The molecule has 200 valence electrons. The molecule has 1 fully saturated rings. The Balaban J connectivity index is 1.55. The molecular formula is C27H33Cl2N3O5. The Labute approximate surface area is 227 Å². The highest BCUT2D eigenvalue weighted by molar-refractivity contribution is 6.35. The van der Waals surface area contributed by atoms with Crippen LogP contribution in [0.5, 0.6) is 5.75 Å². The summed E-state index contributed by atoms with van der Waals surface area (Å²) >= 11 is 11.9. The molecular weight excluding hydrogens is 517 g/mol. The Morgan fingerprint density at radius 1 is 0.919 bits per heavy atom. The third-order valence-electron chi connectivity index (χ3n) is 6.44. The van der Waals surface area contributed by atoms with Gasteiger partial charge in [-0.1, -0.05) is 42.5 Å². The molecule has 0 spiro atoms. The number of methoxy groups -OCH3 is 1. The second kappa shape index (κ2) is 12.5. The Hall–Kier alpha value is -2.97. The Morgan fingerprint density at radius 2 is 1.51 bits per heavy atom. The number of nitrogens with one attached hydrogen (secondary N) is 3. The van der Waals surface area contributed by atoms with Crippen molar-refractivity contribution in [2.75, 3.05) is 24.3 Å². The first-order valence-corrected chi connectivity index (χ1v) is 12.9. The average Bonchev–Trinajstić information content (AvgIpc) is 2.83. The fourth-order valence-electron chi connectivity index (χ4n) is 4.44. The standard InChI is InChI=1S/C27H33Cl2N3O5/c1-26(2,24(34)30-17-27(16-23(33)36-3)11-5-4-6-12-27)37-22-9-7-20(8-10-22)31-25(35)32-21-14-18(28)13-19(29)15-21/h7-10,13-15H,4-6,11-12,16-17H2,1-3H3,(H,30,34)(H2,31,32,35). The summed E-state index contributed by atoms with van der Waals surface area (Å²) in [6.07, 6.45) is 5.21. The van der Waals surface area contributed by atoms with Crippen LogP contribution in [-0.4, -0.2) is 37.2 Å². The van der Waals surface area contributed by atoms with Crippen LogP contribution in [0.2, 0.25) is 10.0 Å². The normalized spacial score (nSPS) is 14.8. The largest absolute Gasteiger partial charge is 0.478 e. The summed E-state index contributed by atoms with van der Waals surface area (Å²) in [5, 5.41) is 9.20. The molecule has 3 amide bonds. The lowest BCUT2D eigenvalue weighted by Gasteiger charge is -2.37. The predicted octanol–water partition coefficient (Wildman–Crippen LogP) is 6.42. The Kier molecular flexibility index (Phi) is 9.68. The number of benzene rings is 2. The second-order valence-corrected chi connectivity index (χ2v) is 10.7. The molecule has 3 N–H and O–H groups in total. The van der Waals surface area contributed by atoms with E-state index in [2.05, 4.69) is 16.0 Å². The molecule has 1 aliphatic rings. The minimum atomic E-state index is -1.15. The van der Waals surface area contributed by atoms with Crippen LogP contribution in [0.15, 0.2) is 42.5 Å². The van der Waals surface area contributed by atoms with Crippen LogP contribution < -0.4 is 20.7 Å². The van der Waals surface area contributed by atoms with E-state index in [-0.39, 0.29) is 23.7 Å². The molecule has 1 aliphatic carbocycles. The fraction of sp³-hybridized carbons (Fsp3) is 0.444. The molecule has 1 saturated carbocycles. The zero-order chi connectivity index (χ0) is 27.1. The number of hydrogen-bond donors (Lipinski definition) is 3. The van der Waals surface area contributed by atoms with Gasteiger partial charge in [0.25, 0.3) is 5.91 Å². The molecule has 37 heavy (non-hydrogen) atoms. The number of rotatable bonds is 9. The van der Waals surface area contributed by atoms with Gasteiger partial charge in [0.15, 0.2) is 5.60 Å². The molecule has 2 aromatic carbocycles. The van der Waals surface area contributed by atoms with Crippen molar-refractivity contribution in [2.24, 2.45) is 5.41 Å². The summed E-state index contributed by atoms with van der Waals surface area (Å²) in [6.45, 7) is 3.77. The third kappa shape index (κ3) is 8.54. The maximum atomic E-state index is 13.0. The SMILES string of the molecule is COC(=O)CC1(CNC(=O)C(C)(C)Oc2ccc(NC(=O)Nc3cc(Cl)cc(Cl)c3)cc2)CCCCC1. The van der Waals surface area contributed by atoms with Gasteiger partial charge >= 0.3 is 12.0 Å². The number of ether oxygens (including phenoxy) is 2. The number of carbonyl (C=O) groups is 3. The second-order valence-electron chi connectivity index (χ2n) is 9.87. The zero-order valence-corrected chi connectivity index (χ0v) is 22.8. The molecule has 0 aromatic heterocycles. The van der Waals surface area contributed by atoms with Gasteiger partial charge in [-0.25, -0.2) is 4.79 Å². The summed E-state index contributed by atoms with van der Waals surface area (Å²) in [5.41, 5.74) is -0.452. The van der Waals surface area contributed by atoms with Crippen molar-refractivity contribution in [1.82, 2.24) is 5.32 Å². The number of hydrogen-bond acceptors (Lipinski definition) is 5. The van der Waals surface area contributed by atoms with Crippen LogP contribution in [0.3, 0.4) is 0 Å². The van der Waals surface area contributed by atoms with Gasteiger partial charge < -0.3 is 25.4 Å². The maximum absolute atomic E-state index is 13.0. The third-order valence-corrected chi connectivity index (χ3v) is 6.87. The molecule has 0 bridgehead atoms. The number of esters is 1. The van der Waals surface area contributed by atoms with Crippen molar-refractivity contribution in [3.8, 4) is 5.75 Å². The van der Waals surface area contributed by atoms with Crippen molar-refractivity contribution in [2.45, 2.75) is 58.0 Å². The first-order valence-electron chi connectivity index (χ1n) is 12.2. The van der Waals surface area contributed by atoms with Crippen molar-refractivity contribution < 1.29 is 23.9 Å². The van der Waals surface area contributed by atoms with E-state index in [4.69, 9.17) is 32.7 Å². The lowest BCUT2D eigenvalue weighted by Crippen LogP contribution is -2.50. The molecule has 8 nitrogen and oxygen atoms in total. The summed E-state index contributed by atoms with van der Waals surface area (Å²) in [6, 6.07) is 11.0. The van der Waals surface area contributed by atoms with Gasteiger partial charge in [-0.05, 0) is 74.6 Å². The molecule has 0 atom stereocenters. The Bertz CT molecular complexity index is 1100. The minimum absolute atomic E-state index is 0.259. The highest BCUT2D eigenvalue weighted by Crippen LogP contribution is 2.39. The monoisotopic (exact) mass is 549 g/mol.